The molecule has 1 aliphatic rings. The molecule has 2 aromatic heterocycles. The fourth-order valence-electron chi connectivity index (χ4n) is 2.98. The van der Waals surface area contributed by atoms with E-state index in [1.165, 1.54) is 18.4 Å². The van der Waals surface area contributed by atoms with E-state index in [2.05, 4.69) is 10.1 Å². The highest BCUT2D eigenvalue weighted by atomic mass is 16.5. The molecule has 0 saturated carbocycles. The summed E-state index contributed by atoms with van der Waals surface area (Å²) in [7, 11) is 0. The van der Waals surface area contributed by atoms with Crippen molar-refractivity contribution in [3.63, 3.8) is 0 Å². The highest BCUT2D eigenvalue weighted by Crippen LogP contribution is 2.28. The van der Waals surface area contributed by atoms with E-state index < -0.39 is 23.9 Å². The topological polar surface area (TPSA) is 146 Å². The number of benzene rings is 2. The Balaban J connectivity index is 1.22. The minimum Gasteiger partial charge on any atom is -0.471 e. The van der Waals surface area contributed by atoms with Crippen LogP contribution in [-0.4, -0.2) is 34.1 Å². The summed E-state index contributed by atoms with van der Waals surface area (Å²) in [5, 5.41) is 7.84. The molecule has 164 valence electrons. The molecule has 1 saturated heterocycles. The van der Waals surface area contributed by atoms with Gasteiger partial charge in [-0.1, -0.05) is 5.16 Å². The van der Waals surface area contributed by atoms with Crippen molar-refractivity contribution in [2.45, 2.75) is 6.10 Å². The molecule has 1 fully saturated rings. The Bertz CT molecular complexity index is 1290. The van der Waals surface area contributed by atoms with Gasteiger partial charge < -0.3 is 18.4 Å². The minimum atomic E-state index is -1.46. The molecule has 2 aromatic carbocycles. The van der Waals surface area contributed by atoms with Crippen molar-refractivity contribution < 1.29 is 32.8 Å². The van der Waals surface area contributed by atoms with Crippen LogP contribution in [0.3, 0.4) is 0 Å². The summed E-state index contributed by atoms with van der Waals surface area (Å²) in [6.45, 7) is 0. The number of urea groups is 1. The Hall–Kier alpha value is -4.93. The fraction of sp³-hybridized carbons (Fsp3) is 0.0455. The second kappa shape index (κ2) is 8.30. The Labute approximate surface area is 185 Å². The van der Waals surface area contributed by atoms with E-state index in [0.717, 1.165) is 0 Å². The SMILES string of the molecule is O=C1NC(=O)C(Oc2ccc(Oc3ccc(-c4nc(-c5ccco5)no4)cc3)cc2)C(=O)N1. The lowest BCUT2D eigenvalue weighted by Gasteiger charge is -2.21. The first-order valence-electron chi connectivity index (χ1n) is 9.63. The van der Waals surface area contributed by atoms with E-state index in [9.17, 15) is 14.4 Å². The zero-order chi connectivity index (χ0) is 22.8. The predicted molar refractivity (Wildman–Crippen MR) is 110 cm³/mol. The number of imide groups is 2. The lowest BCUT2D eigenvalue weighted by Crippen LogP contribution is -2.60. The summed E-state index contributed by atoms with van der Waals surface area (Å²) in [4.78, 5) is 38.9. The van der Waals surface area contributed by atoms with E-state index in [0.29, 0.717) is 34.5 Å². The van der Waals surface area contributed by atoms with E-state index in [-0.39, 0.29) is 5.75 Å². The van der Waals surface area contributed by atoms with Gasteiger partial charge in [0.1, 0.15) is 17.2 Å². The summed E-state index contributed by atoms with van der Waals surface area (Å²) in [5.41, 5.74) is 0.707. The monoisotopic (exact) mass is 446 g/mol. The van der Waals surface area contributed by atoms with Crippen molar-refractivity contribution in [3.05, 3.63) is 66.9 Å². The third-order valence-electron chi connectivity index (χ3n) is 4.53. The molecular weight excluding hydrogens is 432 g/mol. The summed E-state index contributed by atoms with van der Waals surface area (Å²) >= 11 is 0. The number of ether oxygens (including phenoxy) is 2. The molecule has 0 spiro atoms. The number of carbonyl (C=O) groups is 3. The number of nitrogens with one attached hydrogen (secondary N) is 2. The maximum absolute atomic E-state index is 11.8. The zero-order valence-corrected chi connectivity index (χ0v) is 16.7. The number of barbiturate groups is 1. The van der Waals surface area contributed by atoms with Gasteiger partial charge in [-0.05, 0) is 60.7 Å². The normalized spacial score (nSPS) is 14.0. The molecule has 0 aliphatic carbocycles. The van der Waals surface area contributed by atoms with Crippen molar-refractivity contribution in [3.8, 4) is 40.3 Å². The van der Waals surface area contributed by atoms with Crippen LogP contribution >= 0.6 is 0 Å². The summed E-state index contributed by atoms with van der Waals surface area (Å²) in [6, 6.07) is 15.9. The van der Waals surface area contributed by atoms with Crippen LogP contribution < -0.4 is 20.1 Å². The molecule has 4 aromatic rings. The van der Waals surface area contributed by atoms with E-state index >= 15 is 0 Å². The fourth-order valence-corrected chi connectivity index (χ4v) is 2.98. The van der Waals surface area contributed by atoms with Gasteiger partial charge in [0.15, 0.2) is 5.76 Å². The molecule has 4 amide bonds. The number of aromatic nitrogens is 2. The van der Waals surface area contributed by atoms with Crippen molar-refractivity contribution in [2.24, 2.45) is 0 Å². The van der Waals surface area contributed by atoms with Crippen molar-refractivity contribution >= 4 is 17.8 Å². The van der Waals surface area contributed by atoms with Gasteiger partial charge in [-0.15, -0.1) is 0 Å². The molecule has 5 rings (SSSR count). The van der Waals surface area contributed by atoms with Crippen LogP contribution in [0.1, 0.15) is 0 Å². The molecular formula is C22H14N4O7. The first-order valence-corrected chi connectivity index (χ1v) is 9.63. The summed E-state index contributed by atoms with van der Waals surface area (Å²) < 4.78 is 21.7. The van der Waals surface area contributed by atoms with Gasteiger partial charge in [0.05, 0.1) is 6.26 Å². The standard InChI is InChI=1S/C22H14N4O7/c27-19-17(20(28)25-22(29)24-19)32-15-9-7-14(8-10-15)31-13-5-3-12(4-6-13)21-23-18(26-33-21)16-2-1-11-30-16/h1-11,17H,(H2,24,25,27,28,29). The highest BCUT2D eigenvalue weighted by Gasteiger charge is 2.36. The number of nitrogens with zero attached hydrogens (tertiary/aromatic N) is 2. The molecule has 11 heteroatoms. The first kappa shape index (κ1) is 20.0. The molecule has 0 unspecified atom stereocenters. The molecule has 0 radical (unpaired) electrons. The van der Waals surface area contributed by atoms with E-state index in [1.807, 2.05) is 10.6 Å². The van der Waals surface area contributed by atoms with Crippen molar-refractivity contribution in [2.75, 3.05) is 0 Å². The highest BCUT2D eigenvalue weighted by molar-refractivity contribution is 6.18. The molecule has 0 bridgehead atoms. The Kier molecular flexibility index (Phi) is 5.03. The quantitative estimate of drug-likeness (QED) is 0.427. The number of carbonyl (C=O) groups excluding carboxylic acids is 3. The van der Waals surface area contributed by atoms with Gasteiger partial charge in [0.2, 0.25) is 5.82 Å². The number of amides is 4. The van der Waals surface area contributed by atoms with Crippen LogP contribution in [0, 0.1) is 0 Å². The smallest absolute Gasteiger partial charge is 0.328 e. The van der Waals surface area contributed by atoms with Gasteiger partial charge in [0.25, 0.3) is 23.8 Å². The largest absolute Gasteiger partial charge is 0.471 e. The first-order chi connectivity index (χ1) is 16.0. The van der Waals surface area contributed by atoms with Crippen LogP contribution in [-0.2, 0) is 9.59 Å². The molecule has 33 heavy (non-hydrogen) atoms. The molecule has 3 heterocycles. The van der Waals surface area contributed by atoms with E-state index in [4.69, 9.17) is 18.4 Å². The second-order valence-corrected chi connectivity index (χ2v) is 6.80. The van der Waals surface area contributed by atoms with Gasteiger partial charge in [-0.25, -0.2) is 4.79 Å². The summed E-state index contributed by atoms with van der Waals surface area (Å²) in [6.07, 6.45) is 0.0712. The summed E-state index contributed by atoms with van der Waals surface area (Å²) in [5.74, 6) is 0.855. The maximum Gasteiger partial charge on any atom is 0.328 e. The van der Waals surface area contributed by atoms with Crippen LogP contribution in [0.5, 0.6) is 17.2 Å². The van der Waals surface area contributed by atoms with Gasteiger partial charge >= 0.3 is 6.03 Å². The Morgan fingerprint density at radius 1 is 0.818 bits per heavy atom. The average molecular weight is 446 g/mol. The Morgan fingerprint density at radius 3 is 2.09 bits per heavy atom. The average Bonchev–Trinajstić information content (AvgIpc) is 3.50. The third kappa shape index (κ3) is 4.28. The van der Waals surface area contributed by atoms with Gasteiger partial charge in [-0.3, -0.25) is 20.2 Å². The van der Waals surface area contributed by atoms with Crippen LogP contribution in [0.4, 0.5) is 4.79 Å². The van der Waals surface area contributed by atoms with Crippen LogP contribution in [0.2, 0.25) is 0 Å². The predicted octanol–water partition coefficient (Wildman–Crippen LogP) is 2.90. The minimum absolute atomic E-state index is 0.256. The Morgan fingerprint density at radius 2 is 1.45 bits per heavy atom. The second-order valence-electron chi connectivity index (χ2n) is 6.80. The molecule has 11 nitrogen and oxygen atoms in total. The lowest BCUT2D eigenvalue weighted by atomic mass is 10.2. The molecule has 2 N–H and O–H groups in total. The zero-order valence-electron chi connectivity index (χ0n) is 16.7. The third-order valence-corrected chi connectivity index (χ3v) is 4.53. The molecule has 0 atom stereocenters. The van der Waals surface area contributed by atoms with Gasteiger partial charge in [-0.2, -0.15) is 4.98 Å². The maximum atomic E-state index is 11.8. The van der Waals surface area contributed by atoms with Crippen LogP contribution in [0.25, 0.3) is 23.0 Å². The van der Waals surface area contributed by atoms with Crippen molar-refractivity contribution in [1.29, 1.82) is 0 Å². The number of furan rings is 1. The van der Waals surface area contributed by atoms with Crippen LogP contribution in [0.15, 0.2) is 75.9 Å². The lowest BCUT2D eigenvalue weighted by molar-refractivity contribution is -0.139. The number of hydrogen-bond acceptors (Lipinski definition) is 9. The molecule has 1 aliphatic heterocycles. The van der Waals surface area contributed by atoms with Gasteiger partial charge in [0, 0.05) is 5.56 Å². The van der Waals surface area contributed by atoms with Crippen molar-refractivity contribution in [1.82, 2.24) is 20.8 Å². The number of rotatable bonds is 6. The number of hydrogen-bond donors (Lipinski definition) is 2. The van der Waals surface area contributed by atoms with E-state index in [1.54, 1.807) is 48.5 Å².